The van der Waals surface area contributed by atoms with Gasteiger partial charge in [0.2, 0.25) is 0 Å². The van der Waals surface area contributed by atoms with Crippen LogP contribution in [0.3, 0.4) is 0 Å². The smallest absolute Gasteiger partial charge is 0.252 e. The van der Waals surface area contributed by atoms with Gasteiger partial charge in [-0.05, 0) is 45.3 Å². The number of hydrogen-bond donors (Lipinski definition) is 1. The van der Waals surface area contributed by atoms with Gasteiger partial charge in [0.05, 0.1) is 40.3 Å². The Balaban J connectivity index is 1.40. The average molecular weight is 437 g/mol. The Morgan fingerprint density at radius 1 is 1.32 bits per heavy atom. The molecule has 2 aromatic rings. The Hall–Kier alpha value is -2.50. The topological polar surface area (TPSA) is 79.8 Å². The molecule has 0 spiro atoms. The Morgan fingerprint density at radius 3 is 2.84 bits per heavy atom. The molecule has 0 aromatic carbocycles. The number of aryl methyl sites for hydroxylation is 2. The van der Waals surface area contributed by atoms with Crippen molar-refractivity contribution < 1.29 is 4.79 Å². The van der Waals surface area contributed by atoms with Crippen LogP contribution in [-0.4, -0.2) is 54.7 Å². The highest BCUT2D eigenvalue weighted by Gasteiger charge is 2.32. The minimum atomic E-state index is -0.0856. The van der Waals surface area contributed by atoms with E-state index in [0.29, 0.717) is 8.58 Å². The Kier molecular flexibility index (Phi) is 4.98. The number of nitrogens with two attached hydrogens (primary N) is 1. The number of amides is 1. The van der Waals surface area contributed by atoms with E-state index in [1.54, 1.807) is 6.08 Å². The van der Waals surface area contributed by atoms with E-state index in [0.717, 1.165) is 66.0 Å². The number of rotatable bonds is 3. The molecule has 3 aliphatic heterocycles. The largest absolute Gasteiger partial charge is 0.370 e. The number of fused-ring (bicyclic) bond motifs is 2. The summed E-state index contributed by atoms with van der Waals surface area (Å²) >= 11 is 0. The molecule has 2 aromatic heterocycles. The molecule has 31 heavy (non-hydrogen) atoms. The molecule has 1 amide bonds. The van der Waals surface area contributed by atoms with Crippen molar-refractivity contribution in [2.24, 2.45) is 5.73 Å². The maximum Gasteiger partial charge on any atom is 0.252 e. The third-order valence-corrected chi connectivity index (χ3v) is 7.86. The molecule has 0 radical (unpaired) electrons. The van der Waals surface area contributed by atoms with Gasteiger partial charge in [0.25, 0.3) is 5.91 Å². The van der Waals surface area contributed by atoms with E-state index in [2.05, 4.69) is 41.9 Å². The Labute approximate surface area is 184 Å². The molecule has 5 rings (SSSR count). The molecule has 5 heterocycles. The number of nitrogens with zero attached hydrogens (tertiary/aromatic N) is 5. The van der Waals surface area contributed by atoms with Gasteiger partial charge in [0, 0.05) is 36.2 Å². The third kappa shape index (κ3) is 3.81. The minimum absolute atomic E-state index is 0.0170. The first-order chi connectivity index (χ1) is 14.8. The zero-order valence-corrected chi connectivity index (χ0v) is 19.3. The van der Waals surface area contributed by atoms with E-state index in [9.17, 15) is 4.79 Å². The van der Waals surface area contributed by atoms with Crippen LogP contribution in [-0.2, 0) is 11.2 Å². The Morgan fingerprint density at radius 2 is 2.10 bits per heavy atom. The van der Waals surface area contributed by atoms with E-state index in [-0.39, 0.29) is 17.2 Å². The number of carbonyl (C=O) groups is 1. The number of aromatic nitrogens is 3. The van der Waals surface area contributed by atoms with Crippen molar-refractivity contribution >= 4 is 25.3 Å². The van der Waals surface area contributed by atoms with Crippen LogP contribution in [0.15, 0.2) is 42.4 Å². The summed E-state index contributed by atoms with van der Waals surface area (Å²) in [4.78, 5) is 21.9. The molecular weight excluding hydrogens is 407 g/mol. The second kappa shape index (κ2) is 7.57. The van der Waals surface area contributed by atoms with Gasteiger partial charge in [0.15, 0.2) is 0 Å². The van der Waals surface area contributed by atoms with Crippen LogP contribution in [0.4, 0.5) is 0 Å². The second-order valence-corrected chi connectivity index (χ2v) is 10.4. The lowest BCUT2D eigenvalue weighted by molar-refractivity contribution is -0.123. The van der Waals surface area contributed by atoms with Crippen LogP contribution in [0, 0.1) is 6.92 Å². The second-order valence-electron chi connectivity index (χ2n) is 8.99. The minimum Gasteiger partial charge on any atom is -0.370 e. The van der Waals surface area contributed by atoms with Crippen molar-refractivity contribution in [3.05, 3.63) is 59.5 Å². The molecule has 2 unspecified atom stereocenters. The molecule has 2 atom stereocenters. The molecule has 0 bridgehead atoms. The lowest BCUT2D eigenvalue weighted by Crippen LogP contribution is -2.48. The SMILES string of the molecule is CCc1nc(C)cn2nc(C3=CC(=O)N4C=C(N5CCC(C)(N)CC5)C=CC4P3)cc12. The van der Waals surface area contributed by atoms with Gasteiger partial charge >= 0.3 is 0 Å². The van der Waals surface area contributed by atoms with Crippen LogP contribution in [0.2, 0.25) is 0 Å². The summed E-state index contributed by atoms with van der Waals surface area (Å²) in [5.74, 6) is 0.0690. The van der Waals surface area contributed by atoms with Crippen molar-refractivity contribution in [2.45, 2.75) is 51.4 Å². The van der Waals surface area contributed by atoms with Crippen molar-refractivity contribution in [3.8, 4) is 0 Å². The summed E-state index contributed by atoms with van der Waals surface area (Å²) in [6.07, 6.45) is 12.8. The molecule has 162 valence electrons. The first kappa shape index (κ1) is 20.4. The van der Waals surface area contributed by atoms with Crippen LogP contribution >= 0.6 is 8.58 Å². The summed E-state index contributed by atoms with van der Waals surface area (Å²) in [5.41, 5.74) is 11.2. The predicted molar refractivity (Wildman–Crippen MR) is 125 cm³/mol. The van der Waals surface area contributed by atoms with Crippen LogP contribution in [0.25, 0.3) is 10.8 Å². The molecule has 2 N–H and O–H groups in total. The quantitative estimate of drug-likeness (QED) is 0.749. The fraction of sp³-hybridized carbons (Fsp3) is 0.435. The summed E-state index contributed by atoms with van der Waals surface area (Å²) in [7, 11) is 0.455. The van der Waals surface area contributed by atoms with Gasteiger partial charge in [0.1, 0.15) is 0 Å². The highest BCUT2D eigenvalue weighted by molar-refractivity contribution is 7.51. The van der Waals surface area contributed by atoms with E-state index in [4.69, 9.17) is 10.8 Å². The van der Waals surface area contributed by atoms with E-state index in [1.165, 1.54) is 0 Å². The van der Waals surface area contributed by atoms with Crippen molar-refractivity contribution in [2.75, 3.05) is 13.1 Å². The van der Waals surface area contributed by atoms with Crippen molar-refractivity contribution in [3.63, 3.8) is 0 Å². The van der Waals surface area contributed by atoms with Gasteiger partial charge in [-0.15, -0.1) is 0 Å². The van der Waals surface area contributed by atoms with Crippen molar-refractivity contribution in [1.82, 2.24) is 24.4 Å². The summed E-state index contributed by atoms with van der Waals surface area (Å²) in [6, 6.07) is 2.07. The van der Waals surface area contributed by atoms with Gasteiger partial charge in [-0.3, -0.25) is 9.78 Å². The summed E-state index contributed by atoms with van der Waals surface area (Å²) < 4.78 is 1.90. The maximum atomic E-state index is 13.0. The maximum absolute atomic E-state index is 13.0. The normalized spacial score (nSPS) is 23.9. The lowest BCUT2D eigenvalue weighted by atomic mass is 9.91. The third-order valence-electron chi connectivity index (χ3n) is 6.38. The van der Waals surface area contributed by atoms with Gasteiger partial charge in [-0.25, -0.2) is 4.52 Å². The van der Waals surface area contributed by atoms with Crippen LogP contribution in [0.5, 0.6) is 0 Å². The molecule has 8 heteroatoms. The van der Waals surface area contributed by atoms with E-state index < -0.39 is 0 Å². The van der Waals surface area contributed by atoms with Gasteiger partial charge in [-0.1, -0.05) is 21.6 Å². The zero-order valence-electron chi connectivity index (χ0n) is 18.3. The van der Waals surface area contributed by atoms with E-state index >= 15 is 0 Å². The number of piperidine rings is 1. The molecular formula is C23H29N6OP. The fourth-order valence-electron chi connectivity index (χ4n) is 4.45. The first-order valence-corrected chi connectivity index (χ1v) is 12.0. The molecule has 7 nitrogen and oxygen atoms in total. The van der Waals surface area contributed by atoms with Gasteiger partial charge < -0.3 is 15.5 Å². The van der Waals surface area contributed by atoms with E-state index in [1.807, 2.05) is 28.7 Å². The van der Waals surface area contributed by atoms with Gasteiger partial charge in [-0.2, -0.15) is 5.10 Å². The highest BCUT2D eigenvalue weighted by Crippen LogP contribution is 2.44. The lowest BCUT2D eigenvalue weighted by Gasteiger charge is -2.41. The summed E-state index contributed by atoms with van der Waals surface area (Å²) in [5, 5.41) is 5.77. The summed E-state index contributed by atoms with van der Waals surface area (Å²) in [6.45, 7) is 8.05. The molecule has 1 fully saturated rings. The van der Waals surface area contributed by atoms with Crippen LogP contribution in [0.1, 0.15) is 43.8 Å². The number of likely N-dealkylation sites (tertiary alicyclic amines) is 1. The molecule has 0 aliphatic carbocycles. The first-order valence-electron chi connectivity index (χ1n) is 10.9. The predicted octanol–water partition coefficient (Wildman–Crippen LogP) is 3.01. The van der Waals surface area contributed by atoms with Crippen LogP contribution < -0.4 is 5.73 Å². The number of allylic oxidation sites excluding steroid dienone is 1. The number of carbonyl (C=O) groups excluding carboxylic acids is 1. The molecule has 0 saturated carbocycles. The average Bonchev–Trinajstić information content (AvgIpc) is 3.17. The molecule has 3 aliphatic rings. The highest BCUT2D eigenvalue weighted by atomic mass is 31.1. The molecule has 1 saturated heterocycles. The zero-order chi connectivity index (χ0) is 21.8. The number of hydrogen-bond acceptors (Lipinski definition) is 5. The Bertz CT molecular complexity index is 1130. The fourth-order valence-corrected chi connectivity index (χ4v) is 5.78. The standard InChI is InChI=1S/C23H29N6OP/c1-4-17-19-11-18(26-29(19)13-15(2)25-17)20-12-21(30)28-14-16(5-6-22(28)31-20)27-9-7-23(3,24)8-10-27/h5-6,11-14,22,31H,4,7-10,24H2,1-3H3. The monoisotopic (exact) mass is 436 g/mol. The van der Waals surface area contributed by atoms with Crippen molar-refractivity contribution in [1.29, 1.82) is 0 Å².